The van der Waals surface area contributed by atoms with Crippen molar-refractivity contribution in [3.63, 3.8) is 0 Å². The van der Waals surface area contributed by atoms with Gasteiger partial charge in [-0.2, -0.15) is 0 Å². The number of hydrogen-bond donors (Lipinski definition) is 0. The van der Waals surface area contributed by atoms with E-state index in [1.165, 1.54) is 16.9 Å². The van der Waals surface area contributed by atoms with E-state index in [9.17, 15) is 9.59 Å². The average molecular weight is 475 g/mol. The summed E-state index contributed by atoms with van der Waals surface area (Å²) in [4.78, 5) is 32.8. The fraction of sp³-hybridized carbons (Fsp3) is 0.393. The number of carbonyl (C=O) groups excluding carboxylic acids is 2. The molecule has 3 aromatic rings. The van der Waals surface area contributed by atoms with Crippen LogP contribution in [0, 0.1) is 6.92 Å². The van der Waals surface area contributed by atoms with E-state index in [0.29, 0.717) is 18.8 Å². The molecule has 6 heteroatoms. The van der Waals surface area contributed by atoms with E-state index in [-0.39, 0.29) is 11.3 Å². The van der Waals surface area contributed by atoms with Crippen molar-refractivity contribution in [2.24, 2.45) is 0 Å². The Morgan fingerprint density at radius 2 is 1.76 bits per heavy atom. The minimum absolute atomic E-state index is 0.169. The molecule has 0 aliphatic heterocycles. The average Bonchev–Trinajstić information content (AvgIpc) is 3.80. The zero-order chi connectivity index (χ0) is 23.8. The maximum absolute atomic E-state index is 14.0. The summed E-state index contributed by atoms with van der Waals surface area (Å²) in [5.74, 6) is 0.962. The van der Waals surface area contributed by atoms with Crippen LogP contribution in [0.5, 0.6) is 5.75 Å². The van der Waals surface area contributed by atoms with Crippen molar-refractivity contribution in [2.45, 2.75) is 56.4 Å². The molecule has 0 bridgehead atoms. The van der Waals surface area contributed by atoms with Gasteiger partial charge in [-0.1, -0.05) is 42.5 Å². The smallest absolute Gasteiger partial charge is 0.233 e. The van der Waals surface area contributed by atoms with Gasteiger partial charge in [0.2, 0.25) is 5.91 Å². The maximum Gasteiger partial charge on any atom is 0.233 e. The fourth-order valence-electron chi connectivity index (χ4n) is 5.00. The van der Waals surface area contributed by atoms with Crippen LogP contribution in [0.1, 0.15) is 63.6 Å². The van der Waals surface area contributed by atoms with Crippen molar-refractivity contribution in [3.05, 3.63) is 81.3 Å². The lowest BCUT2D eigenvalue weighted by Crippen LogP contribution is -2.40. The molecule has 0 unspecified atom stereocenters. The molecule has 0 spiro atoms. The largest absolute Gasteiger partial charge is 0.497 e. The standard InChI is InChI=1S/C28H30N2O3S/c1-20-24(19-31)29-25(34-20)18-30(17-16-27(12-13-27)21-6-4-3-5-7-21)26(32)28(14-15-28)22-8-10-23(33-2)11-9-22/h3-11,19H,12-18H2,1-2H3. The monoisotopic (exact) mass is 474 g/mol. The number of rotatable bonds is 10. The highest BCUT2D eigenvalue weighted by molar-refractivity contribution is 7.11. The van der Waals surface area contributed by atoms with E-state index in [2.05, 4.69) is 35.3 Å². The molecule has 176 valence electrons. The Hall–Kier alpha value is -2.99. The number of carbonyl (C=O) groups is 2. The molecule has 0 radical (unpaired) electrons. The molecule has 0 atom stereocenters. The quantitative estimate of drug-likeness (QED) is 0.366. The Kier molecular flexibility index (Phi) is 6.02. The van der Waals surface area contributed by atoms with Gasteiger partial charge in [-0.3, -0.25) is 9.59 Å². The van der Waals surface area contributed by atoms with E-state index in [4.69, 9.17) is 4.74 Å². The van der Waals surface area contributed by atoms with Crippen LogP contribution in [-0.2, 0) is 22.2 Å². The molecule has 5 rings (SSSR count). The second-order valence-corrected chi connectivity index (χ2v) is 10.9. The van der Waals surface area contributed by atoms with Gasteiger partial charge in [0.25, 0.3) is 0 Å². The van der Waals surface area contributed by atoms with Gasteiger partial charge in [-0.25, -0.2) is 4.98 Å². The van der Waals surface area contributed by atoms with Gasteiger partial charge in [0.1, 0.15) is 16.5 Å². The molecule has 0 saturated heterocycles. The molecule has 1 aromatic heterocycles. The first-order valence-electron chi connectivity index (χ1n) is 11.9. The summed E-state index contributed by atoms with van der Waals surface area (Å²) in [6.45, 7) is 3.03. The Morgan fingerprint density at radius 3 is 2.32 bits per heavy atom. The third-order valence-corrected chi connectivity index (χ3v) is 8.48. The second-order valence-electron chi connectivity index (χ2n) is 9.60. The predicted molar refractivity (Wildman–Crippen MR) is 134 cm³/mol. The van der Waals surface area contributed by atoms with Crippen molar-refractivity contribution in [3.8, 4) is 5.75 Å². The number of thiazole rings is 1. The molecule has 5 nitrogen and oxygen atoms in total. The van der Waals surface area contributed by atoms with Crippen molar-refractivity contribution in [1.29, 1.82) is 0 Å². The molecule has 2 aliphatic carbocycles. The third kappa shape index (κ3) is 4.27. The third-order valence-electron chi connectivity index (χ3n) is 7.50. The van der Waals surface area contributed by atoms with Crippen molar-refractivity contribution < 1.29 is 14.3 Å². The number of aldehydes is 1. The number of methoxy groups -OCH3 is 1. The van der Waals surface area contributed by atoms with Crippen LogP contribution in [0.2, 0.25) is 0 Å². The van der Waals surface area contributed by atoms with Gasteiger partial charge in [0, 0.05) is 11.4 Å². The van der Waals surface area contributed by atoms with Gasteiger partial charge in [0.15, 0.2) is 6.29 Å². The van der Waals surface area contributed by atoms with Crippen LogP contribution in [0.3, 0.4) is 0 Å². The van der Waals surface area contributed by atoms with Gasteiger partial charge < -0.3 is 9.64 Å². The summed E-state index contributed by atoms with van der Waals surface area (Å²) in [6.07, 6.45) is 5.77. The lowest BCUT2D eigenvalue weighted by atomic mass is 9.91. The van der Waals surface area contributed by atoms with Gasteiger partial charge in [-0.05, 0) is 67.7 Å². The van der Waals surface area contributed by atoms with E-state index in [0.717, 1.165) is 59.6 Å². The van der Waals surface area contributed by atoms with Crippen molar-refractivity contribution >= 4 is 23.5 Å². The normalized spacial score (nSPS) is 17.1. The Morgan fingerprint density at radius 1 is 1.06 bits per heavy atom. The minimum atomic E-state index is -0.463. The molecule has 34 heavy (non-hydrogen) atoms. The molecule has 2 saturated carbocycles. The first-order chi connectivity index (χ1) is 16.5. The van der Waals surface area contributed by atoms with E-state index in [1.54, 1.807) is 7.11 Å². The topological polar surface area (TPSA) is 59.5 Å². The van der Waals surface area contributed by atoms with E-state index >= 15 is 0 Å². The molecular weight excluding hydrogens is 444 g/mol. The fourth-order valence-corrected chi connectivity index (χ4v) is 5.91. The molecule has 0 N–H and O–H groups in total. The highest BCUT2D eigenvalue weighted by atomic mass is 32.1. The molecular formula is C28H30N2O3S. The Labute approximate surface area is 204 Å². The van der Waals surface area contributed by atoms with E-state index in [1.807, 2.05) is 36.1 Å². The Bertz CT molecular complexity index is 1180. The first kappa shape index (κ1) is 22.8. The number of aryl methyl sites for hydroxylation is 1. The second kappa shape index (κ2) is 8.99. The zero-order valence-electron chi connectivity index (χ0n) is 19.8. The number of ether oxygens (including phenoxy) is 1. The van der Waals surface area contributed by atoms with E-state index < -0.39 is 5.41 Å². The number of nitrogens with zero attached hydrogens (tertiary/aromatic N) is 2. The summed E-state index contributed by atoms with van der Waals surface area (Å²) in [6, 6.07) is 18.6. The highest BCUT2D eigenvalue weighted by Crippen LogP contribution is 2.53. The zero-order valence-corrected chi connectivity index (χ0v) is 20.6. The summed E-state index contributed by atoms with van der Waals surface area (Å²) >= 11 is 1.51. The number of amides is 1. The van der Waals surface area contributed by atoms with Crippen LogP contribution in [0.15, 0.2) is 54.6 Å². The lowest BCUT2D eigenvalue weighted by molar-refractivity contribution is -0.134. The highest BCUT2D eigenvalue weighted by Gasteiger charge is 2.53. The van der Waals surface area contributed by atoms with Crippen molar-refractivity contribution in [2.75, 3.05) is 13.7 Å². The SMILES string of the molecule is COc1ccc(C2(C(=O)N(CCC3(c4ccccc4)CC3)Cc3nc(C=O)c(C)s3)CC2)cc1. The molecule has 1 amide bonds. The van der Waals surface area contributed by atoms with Crippen LogP contribution in [0.25, 0.3) is 0 Å². The maximum atomic E-state index is 14.0. The number of benzene rings is 2. The Balaban J connectivity index is 1.40. The molecule has 1 heterocycles. The molecule has 2 aliphatic rings. The van der Waals surface area contributed by atoms with Crippen molar-refractivity contribution in [1.82, 2.24) is 9.88 Å². The van der Waals surface area contributed by atoms with Crippen LogP contribution in [-0.4, -0.2) is 35.7 Å². The van der Waals surface area contributed by atoms with Crippen LogP contribution in [0.4, 0.5) is 0 Å². The summed E-state index contributed by atoms with van der Waals surface area (Å²) in [5, 5.41) is 0.822. The minimum Gasteiger partial charge on any atom is -0.497 e. The predicted octanol–water partition coefficient (Wildman–Crippen LogP) is 5.45. The van der Waals surface area contributed by atoms with Gasteiger partial charge in [-0.15, -0.1) is 11.3 Å². The summed E-state index contributed by atoms with van der Waals surface area (Å²) < 4.78 is 5.31. The molecule has 2 fully saturated rings. The molecule has 2 aromatic carbocycles. The van der Waals surface area contributed by atoms with Crippen LogP contribution < -0.4 is 4.74 Å². The summed E-state index contributed by atoms with van der Waals surface area (Å²) in [7, 11) is 1.65. The lowest BCUT2D eigenvalue weighted by Gasteiger charge is -2.29. The van der Waals surface area contributed by atoms with Gasteiger partial charge in [0.05, 0.1) is 19.1 Å². The van der Waals surface area contributed by atoms with Crippen LogP contribution >= 0.6 is 11.3 Å². The first-order valence-corrected chi connectivity index (χ1v) is 12.7. The van der Waals surface area contributed by atoms with Gasteiger partial charge >= 0.3 is 0 Å². The summed E-state index contributed by atoms with van der Waals surface area (Å²) in [5.41, 5.74) is 2.61. The number of hydrogen-bond acceptors (Lipinski definition) is 5. The number of aromatic nitrogens is 1.